The average molecular weight is 335 g/mol. The first kappa shape index (κ1) is 19.5. The van der Waals surface area contributed by atoms with E-state index in [2.05, 4.69) is 20.7 Å². The van der Waals surface area contributed by atoms with Gasteiger partial charge in [-0.15, -0.1) is 0 Å². The highest BCUT2D eigenvalue weighted by Gasteiger charge is 2.17. The van der Waals surface area contributed by atoms with Crippen molar-refractivity contribution in [2.45, 2.75) is 46.2 Å². The number of urea groups is 1. The maximum atomic E-state index is 12.0. The Labute approximate surface area is 142 Å². The minimum Gasteiger partial charge on any atom is -0.465 e. The molecule has 0 saturated heterocycles. The van der Waals surface area contributed by atoms with E-state index in [4.69, 9.17) is 0 Å². The van der Waals surface area contributed by atoms with Gasteiger partial charge < -0.3 is 20.7 Å². The molecule has 1 aromatic rings. The topological polar surface area (TPSA) is 96.5 Å². The molecule has 0 spiro atoms. The number of carbonyl (C=O) groups excluding carboxylic acids is 3. The molecule has 0 unspecified atom stereocenters. The van der Waals surface area contributed by atoms with E-state index in [0.29, 0.717) is 16.8 Å². The molecule has 3 amide bonds. The van der Waals surface area contributed by atoms with Crippen LogP contribution in [0.2, 0.25) is 0 Å². The Morgan fingerprint density at radius 1 is 1.17 bits per heavy atom. The molecule has 3 N–H and O–H groups in total. The van der Waals surface area contributed by atoms with Gasteiger partial charge in [0, 0.05) is 11.7 Å². The molecule has 1 rings (SSSR count). The molecule has 0 saturated carbocycles. The third-order valence-electron chi connectivity index (χ3n) is 3.64. The van der Waals surface area contributed by atoms with Crippen molar-refractivity contribution < 1.29 is 19.1 Å². The van der Waals surface area contributed by atoms with Crippen molar-refractivity contribution in [3.8, 4) is 0 Å². The van der Waals surface area contributed by atoms with Crippen molar-refractivity contribution in [3.63, 3.8) is 0 Å². The molecular weight excluding hydrogens is 310 g/mol. The Morgan fingerprint density at radius 2 is 1.83 bits per heavy atom. The van der Waals surface area contributed by atoms with E-state index in [1.54, 1.807) is 32.0 Å². The van der Waals surface area contributed by atoms with E-state index in [9.17, 15) is 14.4 Å². The number of hydrogen-bond acceptors (Lipinski definition) is 4. The first-order valence-electron chi connectivity index (χ1n) is 7.85. The second-order valence-corrected chi connectivity index (χ2v) is 5.66. The van der Waals surface area contributed by atoms with Crippen LogP contribution in [0, 0.1) is 6.92 Å². The van der Waals surface area contributed by atoms with Gasteiger partial charge >= 0.3 is 12.0 Å². The number of benzene rings is 1. The van der Waals surface area contributed by atoms with Gasteiger partial charge in [-0.25, -0.2) is 9.59 Å². The molecule has 0 aliphatic carbocycles. The van der Waals surface area contributed by atoms with Crippen molar-refractivity contribution in [1.29, 1.82) is 0 Å². The zero-order chi connectivity index (χ0) is 18.3. The summed E-state index contributed by atoms with van der Waals surface area (Å²) in [6.07, 6.45) is 0.816. The van der Waals surface area contributed by atoms with Crippen LogP contribution in [0.1, 0.15) is 43.1 Å². The summed E-state index contributed by atoms with van der Waals surface area (Å²) in [4.78, 5) is 35.4. The van der Waals surface area contributed by atoms with Crippen molar-refractivity contribution in [1.82, 2.24) is 10.6 Å². The summed E-state index contributed by atoms with van der Waals surface area (Å²) in [6, 6.07) is 3.71. The van der Waals surface area contributed by atoms with Crippen LogP contribution in [0.5, 0.6) is 0 Å². The fourth-order valence-corrected chi connectivity index (χ4v) is 1.94. The Kier molecular flexibility index (Phi) is 7.23. The van der Waals surface area contributed by atoms with Crippen LogP contribution in [0.25, 0.3) is 0 Å². The summed E-state index contributed by atoms with van der Waals surface area (Å²) in [6.45, 7) is 7.25. The van der Waals surface area contributed by atoms with E-state index in [-0.39, 0.29) is 11.9 Å². The van der Waals surface area contributed by atoms with Crippen LogP contribution in [0.3, 0.4) is 0 Å². The number of anilines is 1. The molecule has 132 valence electrons. The van der Waals surface area contributed by atoms with E-state index in [0.717, 1.165) is 6.42 Å². The van der Waals surface area contributed by atoms with Crippen LogP contribution in [-0.4, -0.2) is 37.1 Å². The van der Waals surface area contributed by atoms with E-state index >= 15 is 0 Å². The van der Waals surface area contributed by atoms with Gasteiger partial charge in [0.2, 0.25) is 5.91 Å². The molecule has 0 aromatic heterocycles. The summed E-state index contributed by atoms with van der Waals surface area (Å²) in [5, 5.41) is 8.05. The van der Waals surface area contributed by atoms with Crippen molar-refractivity contribution in [3.05, 3.63) is 29.3 Å². The van der Waals surface area contributed by atoms with Gasteiger partial charge in [0.1, 0.15) is 6.04 Å². The number of ether oxygens (including phenoxy) is 1. The van der Waals surface area contributed by atoms with Crippen LogP contribution >= 0.6 is 0 Å². The number of esters is 1. The predicted molar refractivity (Wildman–Crippen MR) is 92.0 cm³/mol. The Hall–Kier alpha value is -2.57. The van der Waals surface area contributed by atoms with Gasteiger partial charge in [0.05, 0.1) is 12.7 Å². The number of methoxy groups -OCH3 is 1. The second-order valence-electron chi connectivity index (χ2n) is 5.66. The molecule has 2 atom stereocenters. The molecular formula is C17H25N3O4. The van der Waals surface area contributed by atoms with E-state index in [1.807, 2.05) is 13.8 Å². The first-order chi connectivity index (χ1) is 11.3. The zero-order valence-corrected chi connectivity index (χ0v) is 14.7. The van der Waals surface area contributed by atoms with Gasteiger partial charge in [-0.2, -0.15) is 0 Å². The quantitative estimate of drug-likeness (QED) is 0.694. The molecule has 0 aliphatic heterocycles. The highest BCUT2D eigenvalue weighted by atomic mass is 16.5. The molecule has 0 bridgehead atoms. The van der Waals surface area contributed by atoms with Gasteiger partial charge in [0.15, 0.2) is 0 Å². The lowest BCUT2D eigenvalue weighted by Gasteiger charge is -2.18. The van der Waals surface area contributed by atoms with Crippen LogP contribution < -0.4 is 16.0 Å². The Bertz CT molecular complexity index is 616. The summed E-state index contributed by atoms with van der Waals surface area (Å²) >= 11 is 0. The molecule has 0 heterocycles. The summed E-state index contributed by atoms with van der Waals surface area (Å²) in [5.74, 6) is -0.679. The van der Waals surface area contributed by atoms with Crippen LogP contribution in [0.4, 0.5) is 10.5 Å². The summed E-state index contributed by atoms with van der Waals surface area (Å²) < 4.78 is 4.65. The molecule has 0 radical (unpaired) electrons. The van der Waals surface area contributed by atoms with Gasteiger partial charge in [0.25, 0.3) is 0 Å². The normalized spacial score (nSPS) is 12.7. The Morgan fingerprint density at radius 3 is 2.38 bits per heavy atom. The summed E-state index contributed by atoms with van der Waals surface area (Å²) in [7, 11) is 1.31. The molecule has 7 nitrogen and oxygen atoms in total. The SMILES string of the molecule is CC[C@H](C)NC(=O)[C@@H](C)NC(=O)Nc1ccc(C(=O)OC)cc1C. The highest BCUT2D eigenvalue weighted by Crippen LogP contribution is 2.17. The van der Waals surface area contributed by atoms with Gasteiger partial charge in [-0.1, -0.05) is 6.92 Å². The van der Waals surface area contributed by atoms with Gasteiger partial charge in [-0.3, -0.25) is 4.79 Å². The zero-order valence-electron chi connectivity index (χ0n) is 14.7. The fraction of sp³-hybridized carbons (Fsp3) is 0.471. The molecule has 24 heavy (non-hydrogen) atoms. The van der Waals surface area contributed by atoms with Gasteiger partial charge in [-0.05, 0) is 51.0 Å². The smallest absolute Gasteiger partial charge is 0.337 e. The maximum absolute atomic E-state index is 12.0. The van der Waals surface area contributed by atoms with E-state index in [1.165, 1.54) is 7.11 Å². The minimum absolute atomic E-state index is 0.0536. The Balaban J connectivity index is 2.65. The maximum Gasteiger partial charge on any atom is 0.337 e. The average Bonchev–Trinajstić information content (AvgIpc) is 2.55. The lowest BCUT2D eigenvalue weighted by Crippen LogP contribution is -2.48. The van der Waals surface area contributed by atoms with Crippen molar-refractivity contribution >= 4 is 23.6 Å². The van der Waals surface area contributed by atoms with Crippen molar-refractivity contribution in [2.24, 2.45) is 0 Å². The molecule has 1 aromatic carbocycles. The van der Waals surface area contributed by atoms with Crippen molar-refractivity contribution in [2.75, 3.05) is 12.4 Å². The summed E-state index contributed by atoms with van der Waals surface area (Å²) in [5.41, 5.74) is 1.67. The lowest BCUT2D eigenvalue weighted by atomic mass is 10.1. The third-order valence-corrected chi connectivity index (χ3v) is 3.64. The second kappa shape index (κ2) is 8.90. The number of aryl methyl sites for hydroxylation is 1. The molecule has 7 heteroatoms. The molecule has 0 fully saturated rings. The number of carbonyl (C=O) groups is 3. The lowest BCUT2D eigenvalue weighted by molar-refractivity contribution is -0.123. The minimum atomic E-state index is -0.659. The van der Waals surface area contributed by atoms with Crippen LogP contribution in [-0.2, 0) is 9.53 Å². The van der Waals surface area contributed by atoms with Crippen LogP contribution in [0.15, 0.2) is 18.2 Å². The standard InChI is InChI=1S/C17H25N3O4/c1-6-11(3)18-15(21)12(4)19-17(23)20-14-8-7-13(9-10(14)2)16(22)24-5/h7-9,11-12H,6H2,1-5H3,(H,18,21)(H2,19,20,23)/t11-,12+/m0/s1. The largest absolute Gasteiger partial charge is 0.465 e. The first-order valence-corrected chi connectivity index (χ1v) is 7.85. The number of amides is 3. The van der Waals surface area contributed by atoms with E-state index < -0.39 is 18.0 Å². The fourth-order valence-electron chi connectivity index (χ4n) is 1.94. The molecule has 0 aliphatic rings. The third kappa shape index (κ3) is 5.57. The number of hydrogen-bond donors (Lipinski definition) is 3. The monoisotopic (exact) mass is 335 g/mol. The number of nitrogens with one attached hydrogen (secondary N) is 3. The number of rotatable bonds is 6. The predicted octanol–water partition coefficient (Wildman–Crippen LogP) is 2.21. The highest BCUT2D eigenvalue weighted by molar-refractivity contribution is 5.95.